The number of nitrogens with zero attached hydrogens (tertiary/aromatic N) is 1. The predicted molar refractivity (Wildman–Crippen MR) is 151 cm³/mol. The van der Waals surface area contributed by atoms with E-state index >= 15 is 0 Å². The third kappa shape index (κ3) is 6.54. The lowest BCUT2D eigenvalue weighted by molar-refractivity contribution is -0.117. The number of hydrogen-bond donors (Lipinski definition) is 2. The number of anilines is 2. The quantitative estimate of drug-likeness (QED) is 0.120. The van der Waals surface area contributed by atoms with E-state index < -0.39 is 0 Å². The number of fused-ring (bicyclic) bond motifs is 3. The molecule has 186 valence electrons. The van der Waals surface area contributed by atoms with Crippen LogP contribution in [-0.2, 0) is 9.59 Å². The molecule has 4 aromatic rings. The molecule has 0 atom stereocenters. The van der Waals surface area contributed by atoms with Crippen LogP contribution in [0.25, 0.3) is 32.9 Å². The SMILES string of the molecule is O=C(CCCCCl)Nc1ccc2c(c1)nc(-c1ccccc1)c1cc(NC(=O)CCCCCl)ccc12. The largest absolute Gasteiger partial charge is 0.326 e. The van der Waals surface area contributed by atoms with E-state index in [2.05, 4.69) is 10.6 Å². The summed E-state index contributed by atoms with van der Waals surface area (Å²) in [6.07, 6.45) is 4.02. The van der Waals surface area contributed by atoms with Gasteiger partial charge < -0.3 is 10.6 Å². The van der Waals surface area contributed by atoms with Crippen LogP contribution >= 0.6 is 23.2 Å². The molecule has 1 aromatic heterocycles. The third-order valence-electron chi connectivity index (χ3n) is 5.98. The van der Waals surface area contributed by atoms with Gasteiger partial charge in [-0.2, -0.15) is 0 Å². The number of aromatic nitrogens is 1. The van der Waals surface area contributed by atoms with Crippen LogP contribution < -0.4 is 10.6 Å². The number of amides is 2. The molecule has 0 spiro atoms. The summed E-state index contributed by atoms with van der Waals surface area (Å²) >= 11 is 11.4. The first-order valence-electron chi connectivity index (χ1n) is 12.2. The van der Waals surface area contributed by atoms with Gasteiger partial charge in [-0.25, -0.2) is 4.98 Å². The molecule has 0 saturated heterocycles. The number of rotatable bonds is 11. The van der Waals surface area contributed by atoms with Crippen molar-refractivity contribution in [2.45, 2.75) is 38.5 Å². The van der Waals surface area contributed by atoms with Gasteiger partial charge in [0.05, 0.1) is 11.2 Å². The van der Waals surface area contributed by atoms with Gasteiger partial charge in [0.2, 0.25) is 11.8 Å². The Bertz CT molecular complexity index is 1360. The van der Waals surface area contributed by atoms with E-state index in [-0.39, 0.29) is 11.8 Å². The highest BCUT2D eigenvalue weighted by molar-refractivity contribution is 6.18. The summed E-state index contributed by atoms with van der Waals surface area (Å²) < 4.78 is 0. The zero-order valence-electron chi connectivity index (χ0n) is 20.0. The number of carbonyl (C=O) groups is 2. The maximum atomic E-state index is 12.4. The molecule has 4 rings (SSSR count). The van der Waals surface area contributed by atoms with Gasteiger partial charge in [0.25, 0.3) is 0 Å². The van der Waals surface area contributed by atoms with Crippen LogP contribution in [0, 0.1) is 0 Å². The molecular formula is C29H29Cl2N3O2. The summed E-state index contributed by atoms with van der Waals surface area (Å²) in [5, 5.41) is 8.93. The van der Waals surface area contributed by atoms with E-state index in [1.807, 2.05) is 66.7 Å². The molecule has 1 heterocycles. The maximum Gasteiger partial charge on any atom is 0.224 e. The van der Waals surface area contributed by atoms with Gasteiger partial charge in [-0.05, 0) is 55.3 Å². The van der Waals surface area contributed by atoms with E-state index in [4.69, 9.17) is 28.2 Å². The summed E-state index contributed by atoms with van der Waals surface area (Å²) in [5.41, 5.74) is 4.04. The van der Waals surface area contributed by atoms with Crippen LogP contribution in [0.1, 0.15) is 38.5 Å². The second kappa shape index (κ2) is 12.7. The average molecular weight is 522 g/mol. The fourth-order valence-electron chi connectivity index (χ4n) is 4.19. The first-order chi connectivity index (χ1) is 17.6. The molecule has 7 heteroatoms. The van der Waals surface area contributed by atoms with Crippen LogP contribution in [-0.4, -0.2) is 28.6 Å². The third-order valence-corrected chi connectivity index (χ3v) is 6.52. The minimum atomic E-state index is -0.0324. The van der Waals surface area contributed by atoms with Gasteiger partial charge in [-0.1, -0.05) is 42.5 Å². The molecule has 0 unspecified atom stereocenters. The molecule has 0 fully saturated rings. The molecule has 0 saturated carbocycles. The highest BCUT2D eigenvalue weighted by Gasteiger charge is 2.13. The zero-order chi connectivity index (χ0) is 25.3. The first kappa shape index (κ1) is 25.9. The molecule has 0 bridgehead atoms. The predicted octanol–water partition coefficient (Wildman–Crippen LogP) is 7.75. The van der Waals surface area contributed by atoms with Crippen LogP contribution in [0.5, 0.6) is 0 Å². The Morgan fingerprint density at radius 1 is 0.667 bits per heavy atom. The topological polar surface area (TPSA) is 71.1 Å². The van der Waals surface area contributed by atoms with Crippen molar-refractivity contribution in [3.8, 4) is 11.3 Å². The fourth-order valence-corrected chi connectivity index (χ4v) is 4.56. The number of halogens is 2. The Kier molecular flexibility index (Phi) is 9.15. The van der Waals surface area contributed by atoms with Crippen molar-refractivity contribution < 1.29 is 9.59 Å². The highest BCUT2D eigenvalue weighted by Crippen LogP contribution is 2.35. The molecule has 0 aliphatic rings. The fraction of sp³-hybridized carbons (Fsp3) is 0.276. The van der Waals surface area contributed by atoms with E-state index in [0.717, 1.165) is 64.3 Å². The van der Waals surface area contributed by atoms with Crippen molar-refractivity contribution >= 4 is 68.1 Å². The van der Waals surface area contributed by atoms with Gasteiger partial charge in [0.15, 0.2) is 0 Å². The summed E-state index contributed by atoms with van der Waals surface area (Å²) in [6.45, 7) is 0. The van der Waals surface area contributed by atoms with Crippen molar-refractivity contribution in [2.24, 2.45) is 0 Å². The monoisotopic (exact) mass is 521 g/mol. The van der Waals surface area contributed by atoms with Crippen molar-refractivity contribution in [3.63, 3.8) is 0 Å². The molecule has 5 nitrogen and oxygen atoms in total. The van der Waals surface area contributed by atoms with Crippen molar-refractivity contribution in [1.82, 2.24) is 4.98 Å². The number of hydrogen-bond acceptors (Lipinski definition) is 3. The molecular weight excluding hydrogens is 493 g/mol. The minimum Gasteiger partial charge on any atom is -0.326 e. The average Bonchev–Trinajstić information content (AvgIpc) is 2.89. The first-order valence-corrected chi connectivity index (χ1v) is 13.3. The number of unbranched alkanes of at least 4 members (excludes halogenated alkanes) is 2. The van der Waals surface area contributed by atoms with E-state index in [1.54, 1.807) is 0 Å². The van der Waals surface area contributed by atoms with Gasteiger partial charge in [-0.15, -0.1) is 23.2 Å². The lowest BCUT2D eigenvalue weighted by Crippen LogP contribution is -2.11. The van der Waals surface area contributed by atoms with Crippen LogP contribution in [0.4, 0.5) is 11.4 Å². The maximum absolute atomic E-state index is 12.4. The molecule has 2 amide bonds. The standard InChI is InChI=1S/C29H29Cl2N3O2/c30-16-6-4-10-27(35)32-21-12-14-23-24-15-13-22(33-28(36)11-5-7-17-31)19-26(24)34-29(25(23)18-21)20-8-2-1-3-9-20/h1-3,8-9,12-15,18-19H,4-7,10-11,16-17H2,(H,32,35)(H,33,36). The van der Waals surface area contributed by atoms with Crippen LogP contribution in [0.15, 0.2) is 66.7 Å². The van der Waals surface area contributed by atoms with Gasteiger partial charge >= 0.3 is 0 Å². The molecule has 3 aromatic carbocycles. The molecule has 0 radical (unpaired) electrons. The second-order valence-corrected chi connectivity index (χ2v) is 9.46. The Labute approximate surface area is 221 Å². The lowest BCUT2D eigenvalue weighted by atomic mass is 9.99. The molecule has 0 aliphatic carbocycles. The Balaban J connectivity index is 1.71. The summed E-state index contributed by atoms with van der Waals surface area (Å²) in [4.78, 5) is 29.7. The second-order valence-electron chi connectivity index (χ2n) is 8.71. The van der Waals surface area contributed by atoms with Gasteiger partial charge in [0, 0.05) is 52.3 Å². The molecule has 2 N–H and O–H groups in total. The van der Waals surface area contributed by atoms with Gasteiger partial charge in [-0.3, -0.25) is 9.59 Å². The Morgan fingerprint density at radius 3 is 1.86 bits per heavy atom. The zero-order valence-corrected chi connectivity index (χ0v) is 21.5. The smallest absolute Gasteiger partial charge is 0.224 e. The minimum absolute atomic E-state index is 0.0269. The van der Waals surface area contributed by atoms with E-state index in [1.165, 1.54) is 0 Å². The number of nitrogens with one attached hydrogen (secondary N) is 2. The molecule has 36 heavy (non-hydrogen) atoms. The van der Waals surface area contributed by atoms with Crippen LogP contribution in [0.3, 0.4) is 0 Å². The van der Waals surface area contributed by atoms with Crippen molar-refractivity contribution in [1.29, 1.82) is 0 Å². The lowest BCUT2D eigenvalue weighted by Gasteiger charge is -2.14. The normalized spacial score (nSPS) is 11.1. The van der Waals surface area contributed by atoms with Crippen molar-refractivity contribution in [3.05, 3.63) is 66.7 Å². The number of carbonyl (C=O) groups excluding carboxylic acids is 2. The summed E-state index contributed by atoms with van der Waals surface area (Å²) in [7, 11) is 0. The Hall–Kier alpha value is -3.15. The van der Waals surface area contributed by atoms with Crippen LogP contribution in [0.2, 0.25) is 0 Å². The highest BCUT2D eigenvalue weighted by atomic mass is 35.5. The number of pyridine rings is 1. The van der Waals surface area contributed by atoms with E-state index in [0.29, 0.717) is 30.3 Å². The Morgan fingerprint density at radius 2 is 1.25 bits per heavy atom. The van der Waals surface area contributed by atoms with Crippen molar-refractivity contribution in [2.75, 3.05) is 22.4 Å². The number of benzene rings is 3. The summed E-state index contributed by atoms with van der Waals surface area (Å²) in [5.74, 6) is 1.06. The van der Waals surface area contributed by atoms with Gasteiger partial charge in [0.1, 0.15) is 0 Å². The molecule has 0 aliphatic heterocycles. The van der Waals surface area contributed by atoms with E-state index in [9.17, 15) is 9.59 Å². The summed E-state index contributed by atoms with van der Waals surface area (Å²) in [6, 6.07) is 21.7. The number of alkyl halides is 2.